The minimum atomic E-state index is -3.67. The van der Waals surface area contributed by atoms with Crippen molar-refractivity contribution in [2.75, 3.05) is 0 Å². The molecule has 0 N–H and O–H groups in total. The first-order valence-corrected chi connectivity index (χ1v) is 9.81. The van der Waals surface area contributed by atoms with Crippen molar-refractivity contribution in [3.63, 3.8) is 0 Å². The average molecular weight is 442 g/mol. The summed E-state index contributed by atoms with van der Waals surface area (Å²) in [5, 5.41) is 0. The Hall–Kier alpha value is -0.260. The number of unbranched alkanes of at least 4 members (excludes halogenated alkanes) is 9. The monoisotopic (exact) mass is 442 g/mol. The molecular formula is C19H30F3I. The van der Waals surface area contributed by atoms with Gasteiger partial charge in [0.1, 0.15) is 0 Å². The summed E-state index contributed by atoms with van der Waals surface area (Å²) >= 11 is 2.45. The molecule has 1 aromatic carbocycles. The van der Waals surface area contributed by atoms with Gasteiger partial charge in [-0.05, 0) is 47.1 Å². The fraction of sp³-hybridized carbons (Fsp3) is 0.684. The summed E-state index contributed by atoms with van der Waals surface area (Å²) in [5.74, 6) is 0. The second-order valence-corrected chi connectivity index (χ2v) is 6.93. The van der Waals surface area contributed by atoms with Crippen LogP contribution < -0.4 is 0 Å². The Kier molecular flexibility index (Phi) is 16.4. The number of rotatable bonds is 11. The van der Waals surface area contributed by atoms with Crippen molar-refractivity contribution in [2.24, 2.45) is 0 Å². The Labute approximate surface area is 153 Å². The highest BCUT2D eigenvalue weighted by molar-refractivity contribution is 14.1. The Bertz CT molecular complexity index is 367. The summed E-state index contributed by atoms with van der Waals surface area (Å²) in [6.07, 6.45) is 15.5. The van der Waals surface area contributed by atoms with Crippen LogP contribution in [0.2, 0.25) is 0 Å². The van der Waals surface area contributed by atoms with E-state index in [2.05, 4.69) is 53.8 Å². The van der Waals surface area contributed by atoms with Gasteiger partial charge in [0.25, 0.3) is 0 Å². The molecule has 4 heteroatoms. The van der Waals surface area contributed by atoms with Gasteiger partial charge in [-0.15, -0.1) is 0 Å². The van der Waals surface area contributed by atoms with E-state index < -0.39 is 6.68 Å². The molecule has 0 aromatic heterocycles. The van der Waals surface area contributed by atoms with E-state index in [1.54, 1.807) is 0 Å². The maximum Gasteiger partial charge on any atom is 0.379 e. The molecule has 0 fully saturated rings. The second kappa shape index (κ2) is 16.6. The first-order valence-electron chi connectivity index (χ1n) is 8.73. The highest BCUT2D eigenvalue weighted by atomic mass is 127. The maximum atomic E-state index is 9.67. The molecule has 23 heavy (non-hydrogen) atoms. The van der Waals surface area contributed by atoms with Gasteiger partial charge in [-0.25, -0.2) is 0 Å². The van der Waals surface area contributed by atoms with E-state index in [1.165, 1.54) is 79.8 Å². The lowest BCUT2D eigenvalue weighted by Crippen LogP contribution is -1.89. The van der Waals surface area contributed by atoms with Gasteiger partial charge in [-0.1, -0.05) is 82.9 Å². The summed E-state index contributed by atoms with van der Waals surface area (Å²) < 4.78 is 30.4. The second-order valence-electron chi connectivity index (χ2n) is 5.77. The van der Waals surface area contributed by atoms with Crippen molar-refractivity contribution in [1.29, 1.82) is 0 Å². The zero-order chi connectivity index (χ0) is 17.3. The van der Waals surface area contributed by atoms with E-state index >= 15 is 0 Å². The molecule has 1 rings (SSSR count). The van der Waals surface area contributed by atoms with Crippen molar-refractivity contribution in [3.8, 4) is 0 Å². The van der Waals surface area contributed by atoms with Crippen molar-refractivity contribution in [3.05, 3.63) is 33.4 Å². The molecule has 0 saturated carbocycles. The van der Waals surface area contributed by atoms with E-state index in [0.717, 1.165) is 0 Å². The van der Waals surface area contributed by atoms with E-state index in [1.807, 2.05) is 0 Å². The fourth-order valence-corrected chi connectivity index (χ4v) is 3.16. The predicted molar refractivity (Wildman–Crippen MR) is 102 cm³/mol. The fourth-order valence-electron chi connectivity index (χ4n) is 2.50. The van der Waals surface area contributed by atoms with E-state index in [4.69, 9.17) is 0 Å². The van der Waals surface area contributed by atoms with E-state index in [0.29, 0.717) is 0 Å². The van der Waals surface area contributed by atoms with Crippen LogP contribution in [0.4, 0.5) is 13.2 Å². The Morgan fingerprint density at radius 3 is 1.70 bits per heavy atom. The maximum absolute atomic E-state index is 9.67. The number of hydrogen-bond donors (Lipinski definition) is 0. The van der Waals surface area contributed by atoms with Crippen LogP contribution in [0.5, 0.6) is 0 Å². The van der Waals surface area contributed by atoms with Gasteiger partial charge in [0, 0.05) is 3.57 Å². The molecule has 0 atom stereocenters. The molecule has 0 aliphatic carbocycles. The minimum absolute atomic E-state index is 1.26. The number of hydrogen-bond acceptors (Lipinski definition) is 0. The minimum Gasteiger partial charge on any atom is -0.174 e. The van der Waals surface area contributed by atoms with E-state index in [-0.39, 0.29) is 0 Å². The van der Waals surface area contributed by atoms with Gasteiger partial charge in [0.05, 0.1) is 0 Å². The van der Waals surface area contributed by atoms with Gasteiger partial charge >= 0.3 is 6.68 Å². The molecular weight excluding hydrogens is 412 g/mol. The van der Waals surface area contributed by atoms with Crippen LogP contribution >= 0.6 is 22.6 Å². The lowest BCUT2D eigenvalue weighted by Gasteiger charge is -2.04. The van der Waals surface area contributed by atoms with Crippen LogP contribution in [0, 0.1) is 3.57 Å². The zero-order valence-electron chi connectivity index (χ0n) is 14.2. The topological polar surface area (TPSA) is 0 Å². The smallest absolute Gasteiger partial charge is 0.174 e. The molecule has 0 unspecified atom stereocenters. The van der Waals surface area contributed by atoms with Gasteiger partial charge in [-0.2, -0.15) is 13.2 Å². The first-order chi connectivity index (χ1) is 11.1. The summed E-state index contributed by atoms with van der Waals surface area (Å²) in [6, 6.07) is 8.78. The molecule has 0 heterocycles. The number of alkyl halides is 3. The summed E-state index contributed by atoms with van der Waals surface area (Å²) in [5.41, 5.74) is 1.53. The molecule has 0 aliphatic rings. The van der Waals surface area contributed by atoms with Gasteiger partial charge in [-0.3, -0.25) is 0 Å². The molecule has 0 nitrogen and oxygen atoms in total. The lowest BCUT2D eigenvalue weighted by atomic mass is 10.0. The highest BCUT2D eigenvalue weighted by Gasteiger charge is 1.98. The molecule has 0 saturated heterocycles. The summed E-state index contributed by atoms with van der Waals surface area (Å²) in [7, 11) is 0. The van der Waals surface area contributed by atoms with Crippen molar-refractivity contribution in [1.82, 2.24) is 0 Å². The van der Waals surface area contributed by atoms with Crippen LogP contribution in [0.1, 0.15) is 76.7 Å². The van der Waals surface area contributed by atoms with Crippen LogP contribution in [0.3, 0.4) is 0 Å². The number of aryl methyl sites for hydroxylation is 1. The Morgan fingerprint density at radius 2 is 1.22 bits per heavy atom. The third-order valence-electron chi connectivity index (χ3n) is 3.76. The highest BCUT2D eigenvalue weighted by Crippen LogP contribution is 2.16. The third kappa shape index (κ3) is 16.4. The zero-order valence-corrected chi connectivity index (χ0v) is 16.3. The summed E-state index contributed by atoms with van der Waals surface area (Å²) in [4.78, 5) is 0. The Morgan fingerprint density at radius 1 is 0.783 bits per heavy atom. The van der Waals surface area contributed by atoms with Crippen LogP contribution in [-0.4, -0.2) is 6.68 Å². The van der Waals surface area contributed by atoms with Crippen LogP contribution in [-0.2, 0) is 6.42 Å². The molecule has 0 amide bonds. The average Bonchev–Trinajstić information content (AvgIpc) is 2.50. The standard InChI is InChI=1S/C18H29I.CHF3/c1-2-3-4-5-6-7-8-9-10-11-14-17-15-12-13-16-18(17)19;2-1(3)4/h12-13,15-16H,2-11,14H2,1H3;1H. The van der Waals surface area contributed by atoms with Crippen molar-refractivity contribution in [2.45, 2.75) is 84.2 Å². The van der Waals surface area contributed by atoms with Crippen LogP contribution in [0.25, 0.3) is 0 Å². The number of halogens is 4. The van der Waals surface area contributed by atoms with Gasteiger partial charge in [0.2, 0.25) is 0 Å². The first kappa shape index (κ1) is 22.7. The molecule has 0 bridgehead atoms. The molecule has 0 aliphatic heterocycles. The lowest BCUT2D eigenvalue weighted by molar-refractivity contribution is 0.00819. The summed E-state index contributed by atoms with van der Waals surface area (Å²) in [6.45, 7) is -1.38. The molecule has 0 radical (unpaired) electrons. The van der Waals surface area contributed by atoms with Gasteiger partial charge < -0.3 is 0 Å². The SMILES string of the molecule is CCCCCCCCCCCCc1ccccc1I.FC(F)F. The molecule has 1 aromatic rings. The Balaban J connectivity index is 0.00000108. The number of benzene rings is 1. The third-order valence-corrected chi connectivity index (χ3v) is 4.81. The molecule has 0 spiro atoms. The van der Waals surface area contributed by atoms with Crippen molar-refractivity contribution >= 4 is 22.6 Å². The molecule has 134 valence electrons. The normalized spacial score (nSPS) is 10.5. The van der Waals surface area contributed by atoms with Crippen molar-refractivity contribution < 1.29 is 13.2 Å². The quantitative estimate of drug-likeness (QED) is 0.241. The predicted octanol–water partition coefficient (Wildman–Crippen LogP) is 7.93. The largest absolute Gasteiger partial charge is 0.379 e. The van der Waals surface area contributed by atoms with E-state index in [9.17, 15) is 13.2 Å². The van der Waals surface area contributed by atoms with Crippen LogP contribution in [0.15, 0.2) is 24.3 Å². The van der Waals surface area contributed by atoms with Gasteiger partial charge in [0.15, 0.2) is 0 Å².